The second-order valence-corrected chi connectivity index (χ2v) is 5.25. The fraction of sp³-hybridized carbons (Fsp3) is 0.286. The predicted octanol–water partition coefficient (Wildman–Crippen LogP) is 1.99. The van der Waals surface area contributed by atoms with Crippen LogP contribution in [0.1, 0.15) is 31.3 Å². The zero-order chi connectivity index (χ0) is 14.0. The summed E-state index contributed by atoms with van der Waals surface area (Å²) < 4.78 is 0. The van der Waals surface area contributed by atoms with Crippen LogP contribution in [0.2, 0.25) is 0 Å². The van der Waals surface area contributed by atoms with Crippen molar-refractivity contribution in [2.45, 2.75) is 26.4 Å². The average Bonchev–Trinajstić information content (AvgIpc) is 2.35. The quantitative estimate of drug-likeness (QED) is 0.811. The van der Waals surface area contributed by atoms with E-state index in [4.69, 9.17) is 4.84 Å². The first-order chi connectivity index (χ1) is 8.87. The lowest BCUT2D eigenvalue weighted by Gasteiger charge is -2.18. The Kier molecular flexibility index (Phi) is 3.40. The molecule has 2 aromatic rings. The third kappa shape index (κ3) is 3.20. The Morgan fingerprint density at radius 3 is 2.63 bits per heavy atom. The van der Waals surface area contributed by atoms with Gasteiger partial charge in [-0.15, -0.1) is 0 Å². The van der Waals surface area contributed by atoms with E-state index in [0.29, 0.717) is 10.8 Å². The number of hydrogen-bond acceptors (Lipinski definition) is 3. The molecule has 1 heterocycles. The summed E-state index contributed by atoms with van der Waals surface area (Å²) in [5.41, 5.74) is 1.71. The van der Waals surface area contributed by atoms with Gasteiger partial charge in [-0.3, -0.25) is 14.4 Å². The number of carbonyl (C=O) groups is 1. The van der Waals surface area contributed by atoms with Crippen molar-refractivity contribution in [3.63, 3.8) is 0 Å². The number of pyridine rings is 1. The van der Waals surface area contributed by atoms with Crippen LogP contribution in [0.4, 0.5) is 0 Å². The molecule has 0 radical (unpaired) electrons. The summed E-state index contributed by atoms with van der Waals surface area (Å²) in [7, 11) is 0. The van der Waals surface area contributed by atoms with Gasteiger partial charge in [0, 0.05) is 5.39 Å². The molecule has 2 rings (SSSR count). The van der Waals surface area contributed by atoms with Crippen LogP contribution in [0.25, 0.3) is 10.8 Å². The maximum Gasteiger partial charge on any atom is 0.291 e. The lowest BCUT2D eigenvalue weighted by molar-refractivity contribution is -0.0591. The number of H-pyrrole nitrogens is 1. The standard InChI is InChI=1S/C14H16N2O3/c1-14(2,3)19-16-13(18)11-8-9-6-4-5-7-10(9)12(17)15-11/h4-8H,1-3H3,(H,15,17)(H,16,18). The second-order valence-electron chi connectivity index (χ2n) is 5.25. The minimum atomic E-state index is -0.493. The van der Waals surface area contributed by atoms with Crippen LogP contribution < -0.4 is 11.0 Å². The Balaban J connectivity index is 2.31. The van der Waals surface area contributed by atoms with Gasteiger partial charge in [-0.2, -0.15) is 0 Å². The molecule has 1 aromatic heterocycles. The van der Waals surface area contributed by atoms with Crippen molar-refractivity contribution in [3.8, 4) is 0 Å². The molecule has 2 N–H and O–H groups in total. The maximum atomic E-state index is 11.9. The molecule has 0 unspecified atom stereocenters. The maximum absolute atomic E-state index is 11.9. The Hall–Kier alpha value is -2.14. The van der Waals surface area contributed by atoms with Crippen LogP contribution in [-0.2, 0) is 4.84 Å². The molecule has 0 aliphatic rings. The molecule has 0 aliphatic heterocycles. The number of aromatic amines is 1. The Morgan fingerprint density at radius 1 is 1.26 bits per heavy atom. The van der Waals surface area contributed by atoms with Crippen LogP contribution in [0.15, 0.2) is 35.1 Å². The van der Waals surface area contributed by atoms with Crippen LogP contribution >= 0.6 is 0 Å². The highest BCUT2D eigenvalue weighted by Gasteiger charge is 2.15. The molecule has 0 saturated carbocycles. The van der Waals surface area contributed by atoms with Crippen molar-refractivity contribution >= 4 is 16.7 Å². The van der Waals surface area contributed by atoms with Gasteiger partial charge in [0.15, 0.2) is 0 Å². The molecule has 5 nitrogen and oxygen atoms in total. The Bertz CT molecular complexity index is 668. The topological polar surface area (TPSA) is 71.2 Å². The van der Waals surface area contributed by atoms with E-state index in [1.165, 1.54) is 0 Å². The smallest absolute Gasteiger partial charge is 0.291 e. The van der Waals surface area contributed by atoms with E-state index >= 15 is 0 Å². The number of nitrogens with one attached hydrogen (secondary N) is 2. The monoisotopic (exact) mass is 260 g/mol. The van der Waals surface area contributed by atoms with Gasteiger partial charge < -0.3 is 4.98 Å². The fourth-order valence-corrected chi connectivity index (χ4v) is 1.59. The number of rotatable bonds is 2. The van der Waals surface area contributed by atoms with E-state index in [1.807, 2.05) is 26.8 Å². The highest BCUT2D eigenvalue weighted by atomic mass is 16.7. The number of hydroxylamine groups is 1. The summed E-state index contributed by atoms with van der Waals surface area (Å²) in [6.07, 6.45) is 0. The normalized spacial score (nSPS) is 11.5. The zero-order valence-corrected chi connectivity index (χ0v) is 11.1. The van der Waals surface area contributed by atoms with Gasteiger partial charge in [0.05, 0.1) is 5.60 Å². The van der Waals surface area contributed by atoms with Gasteiger partial charge in [-0.1, -0.05) is 18.2 Å². The summed E-state index contributed by atoms with van der Waals surface area (Å²) in [5.74, 6) is -0.474. The van der Waals surface area contributed by atoms with Gasteiger partial charge in [0.25, 0.3) is 11.5 Å². The SMILES string of the molecule is CC(C)(C)ONC(=O)c1cc2ccccc2c(=O)[nH]1. The Labute approximate surface area is 110 Å². The number of hydrogen-bond donors (Lipinski definition) is 2. The van der Waals surface area contributed by atoms with Crippen LogP contribution in [0.3, 0.4) is 0 Å². The number of benzene rings is 1. The molecule has 0 spiro atoms. The average molecular weight is 260 g/mol. The molecule has 5 heteroatoms. The van der Waals surface area contributed by atoms with E-state index in [1.54, 1.807) is 24.3 Å². The highest BCUT2D eigenvalue weighted by molar-refractivity contribution is 5.95. The Morgan fingerprint density at radius 2 is 1.95 bits per heavy atom. The van der Waals surface area contributed by atoms with Gasteiger partial charge in [-0.25, -0.2) is 5.48 Å². The second kappa shape index (κ2) is 4.85. The number of amides is 1. The molecule has 1 aromatic carbocycles. The van der Waals surface area contributed by atoms with E-state index < -0.39 is 11.5 Å². The van der Waals surface area contributed by atoms with Crippen molar-refractivity contribution in [3.05, 3.63) is 46.4 Å². The third-order valence-electron chi connectivity index (χ3n) is 2.45. The first kappa shape index (κ1) is 13.3. The fourth-order valence-electron chi connectivity index (χ4n) is 1.59. The van der Waals surface area contributed by atoms with E-state index in [-0.39, 0.29) is 11.3 Å². The minimum absolute atomic E-state index is 0.174. The summed E-state index contributed by atoms with van der Waals surface area (Å²) in [5, 5.41) is 1.27. The zero-order valence-electron chi connectivity index (χ0n) is 11.1. The largest absolute Gasteiger partial charge is 0.317 e. The third-order valence-corrected chi connectivity index (χ3v) is 2.45. The lowest BCUT2D eigenvalue weighted by atomic mass is 10.1. The van der Waals surface area contributed by atoms with Gasteiger partial charge in [-0.05, 0) is 38.3 Å². The first-order valence-electron chi connectivity index (χ1n) is 5.97. The molecule has 0 aliphatic carbocycles. The van der Waals surface area contributed by atoms with Crippen molar-refractivity contribution in [1.82, 2.24) is 10.5 Å². The van der Waals surface area contributed by atoms with Crippen molar-refractivity contribution in [2.75, 3.05) is 0 Å². The molecular formula is C14H16N2O3. The van der Waals surface area contributed by atoms with E-state index in [0.717, 1.165) is 0 Å². The summed E-state index contributed by atoms with van der Waals surface area (Å²) in [6.45, 7) is 5.45. The predicted molar refractivity (Wildman–Crippen MR) is 72.9 cm³/mol. The van der Waals surface area contributed by atoms with Crippen LogP contribution in [0.5, 0.6) is 0 Å². The highest BCUT2D eigenvalue weighted by Crippen LogP contribution is 2.10. The molecule has 0 bridgehead atoms. The van der Waals surface area contributed by atoms with E-state index in [2.05, 4.69) is 10.5 Å². The number of carbonyl (C=O) groups excluding carboxylic acids is 1. The molecule has 100 valence electrons. The summed E-state index contributed by atoms with van der Waals surface area (Å²) in [4.78, 5) is 31.4. The van der Waals surface area contributed by atoms with Crippen LogP contribution in [-0.4, -0.2) is 16.5 Å². The number of fused-ring (bicyclic) bond motifs is 1. The molecule has 19 heavy (non-hydrogen) atoms. The summed E-state index contributed by atoms with van der Waals surface area (Å²) >= 11 is 0. The lowest BCUT2D eigenvalue weighted by Crippen LogP contribution is -2.34. The number of aromatic nitrogens is 1. The van der Waals surface area contributed by atoms with Gasteiger partial charge in [0.1, 0.15) is 5.69 Å². The van der Waals surface area contributed by atoms with Gasteiger partial charge in [0.2, 0.25) is 0 Å². The molecule has 0 atom stereocenters. The molecular weight excluding hydrogens is 244 g/mol. The van der Waals surface area contributed by atoms with Crippen LogP contribution in [0, 0.1) is 0 Å². The molecule has 0 saturated heterocycles. The van der Waals surface area contributed by atoms with Gasteiger partial charge >= 0.3 is 0 Å². The molecule has 0 fully saturated rings. The molecule has 1 amide bonds. The van der Waals surface area contributed by atoms with Crippen molar-refractivity contribution in [1.29, 1.82) is 0 Å². The minimum Gasteiger partial charge on any atom is -0.317 e. The van der Waals surface area contributed by atoms with Crippen molar-refractivity contribution in [2.24, 2.45) is 0 Å². The van der Waals surface area contributed by atoms with Crippen molar-refractivity contribution < 1.29 is 9.63 Å². The summed E-state index contributed by atoms with van der Waals surface area (Å²) in [6, 6.07) is 8.71. The van der Waals surface area contributed by atoms with E-state index in [9.17, 15) is 9.59 Å². The first-order valence-corrected chi connectivity index (χ1v) is 5.97.